The molecule has 3 aliphatic carbocycles. The van der Waals surface area contributed by atoms with Crippen molar-refractivity contribution >= 4 is 0 Å². The second-order valence-corrected chi connectivity index (χ2v) is 3.64. The fraction of sp³-hybridized carbons (Fsp3) is 0.500. The molecule has 2 saturated carbocycles. The molecule has 0 aliphatic heterocycles. The van der Waals surface area contributed by atoms with E-state index in [9.17, 15) is 0 Å². The van der Waals surface area contributed by atoms with Gasteiger partial charge in [0.2, 0.25) is 0 Å². The summed E-state index contributed by atoms with van der Waals surface area (Å²) in [6.45, 7) is 0. The zero-order chi connectivity index (χ0) is 6.55. The maximum atomic E-state index is 2.38. The lowest BCUT2D eigenvalue weighted by Crippen LogP contribution is -2.07. The molecule has 0 heterocycles. The molecule has 0 heteroatoms. The molecular formula is C10H11. The molecule has 3 rings (SSSR count). The van der Waals surface area contributed by atoms with Crippen molar-refractivity contribution in [3.63, 3.8) is 0 Å². The second-order valence-electron chi connectivity index (χ2n) is 3.64. The molecule has 0 nitrogen and oxygen atoms in total. The lowest BCUT2D eigenvalue weighted by molar-refractivity contribution is 0.483. The fourth-order valence-electron chi connectivity index (χ4n) is 2.71. The minimum Gasteiger partial charge on any atom is -0.0770 e. The number of hydrogen-bond donors (Lipinski definition) is 0. The van der Waals surface area contributed by atoms with Crippen LogP contribution in [0.2, 0.25) is 0 Å². The summed E-state index contributed by atoms with van der Waals surface area (Å²) >= 11 is 0. The summed E-state index contributed by atoms with van der Waals surface area (Å²) in [5, 5.41) is 0. The molecule has 3 aliphatic rings. The van der Waals surface area contributed by atoms with Gasteiger partial charge in [0, 0.05) is 11.8 Å². The van der Waals surface area contributed by atoms with E-state index in [1.54, 1.807) is 11.5 Å². The second kappa shape index (κ2) is 1.55. The van der Waals surface area contributed by atoms with Crippen LogP contribution in [-0.2, 0) is 0 Å². The molecule has 0 aromatic rings. The Morgan fingerprint density at radius 3 is 3.30 bits per heavy atom. The van der Waals surface area contributed by atoms with Crippen molar-refractivity contribution in [3.05, 3.63) is 29.7 Å². The Labute approximate surface area is 61.6 Å². The molecule has 2 bridgehead atoms. The fourth-order valence-corrected chi connectivity index (χ4v) is 2.71. The van der Waals surface area contributed by atoms with Crippen LogP contribution in [0, 0.1) is 17.8 Å². The maximum absolute atomic E-state index is 2.38. The van der Waals surface area contributed by atoms with Crippen molar-refractivity contribution in [2.24, 2.45) is 11.8 Å². The summed E-state index contributed by atoms with van der Waals surface area (Å²) in [7, 11) is 0. The van der Waals surface area contributed by atoms with E-state index in [4.69, 9.17) is 0 Å². The van der Waals surface area contributed by atoms with Gasteiger partial charge >= 0.3 is 0 Å². The Hall–Kier alpha value is -0.520. The van der Waals surface area contributed by atoms with Crippen molar-refractivity contribution in [3.8, 4) is 0 Å². The highest BCUT2D eigenvalue weighted by Gasteiger charge is 2.43. The van der Waals surface area contributed by atoms with Gasteiger partial charge in [0.25, 0.3) is 0 Å². The summed E-state index contributed by atoms with van der Waals surface area (Å²) in [5.41, 5.74) is 1.68. The molecule has 2 atom stereocenters. The Morgan fingerprint density at radius 2 is 2.40 bits per heavy atom. The number of rotatable bonds is 0. The van der Waals surface area contributed by atoms with Gasteiger partial charge in [-0.15, -0.1) is 0 Å². The molecule has 0 saturated heterocycles. The minimum absolute atomic E-state index is 0.851. The average molecular weight is 131 g/mol. The van der Waals surface area contributed by atoms with Crippen LogP contribution in [0.5, 0.6) is 0 Å². The van der Waals surface area contributed by atoms with Crippen LogP contribution in [0.25, 0.3) is 0 Å². The van der Waals surface area contributed by atoms with Crippen LogP contribution in [-0.4, -0.2) is 0 Å². The zero-order valence-corrected chi connectivity index (χ0v) is 6.01. The quantitative estimate of drug-likeness (QED) is 0.474. The molecule has 2 fully saturated rings. The van der Waals surface area contributed by atoms with Crippen LogP contribution in [0.1, 0.15) is 19.3 Å². The lowest BCUT2D eigenvalue weighted by atomic mass is 9.87. The molecular weight excluding hydrogens is 120 g/mol. The van der Waals surface area contributed by atoms with Gasteiger partial charge in [-0.25, -0.2) is 0 Å². The average Bonchev–Trinajstić information content (AvgIpc) is 2.60. The molecule has 0 aromatic carbocycles. The summed E-state index contributed by atoms with van der Waals surface area (Å²) in [4.78, 5) is 0. The minimum atomic E-state index is 0.851. The van der Waals surface area contributed by atoms with Gasteiger partial charge in [0.1, 0.15) is 0 Å². The first-order valence-corrected chi connectivity index (χ1v) is 4.18. The number of fused-ring (bicyclic) bond motifs is 5. The van der Waals surface area contributed by atoms with Crippen LogP contribution in [0.4, 0.5) is 0 Å². The molecule has 0 N–H and O–H groups in total. The first kappa shape index (κ1) is 5.17. The third kappa shape index (κ3) is 0.448. The third-order valence-corrected chi connectivity index (χ3v) is 3.19. The van der Waals surface area contributed by atoms with Crippen LogP contribution < -0.4 is 0 Å². The Morgan fingerprint density at radius 1 is 1.40 bits per heavy atom. The highest BCUT2D eigenvalue weighted by atomic mass is 14.5. The van der Waals surface area contributed by atoms with Gasteiger partial charge in [-0.3, -0.25) is 0 Å². The maximum Gasteiger partial charge on any atom is 0.00181 e. The van der Waals surface area contributed by atoms with Crippen molar-refractivity contribution in [2.75, 3.05) is 0 Å². The summed E-state index contributed by atoms with van der Waals surface area (Å²) in [6.07, 6.45) is 11.2. The van der Waals surface area contributed by atoms with E-state index in [-0.39, 0.29) is 0 Å². The van der Waals surface area contributed by atoms with Gasteiger partial charge in [-0.1, -0.05) is 23.8 Å². The molecule has 10 heavy (non-hydrogen) atoms. The zero-order valence-electron chi connectivity index (χ0n) is 6.01. The van der Waals surface area contributed by atoms with Gasteiger partial charge in [-0.2, -0.15) is 0 Å². The normalized spacial score (nSPS) is 42.6. The molecule has 0 spiro atoms. The van der Waals surface area contributed by atoms with E-state index >= 15 is 0 Å². The Kier molecular flexibility index (Phi) is 0.803. The third-order valence-electron chi connectivity index (χ3n) is 3.19. The highest BCUT2D eigenvalue weighted by molar-refractivity contribution is 5.45. The van der Waals surface area contributed by atoms with Crippen LogP contribution >= 0.6 is 0 Å². The molecule has 0 amide bonds. The van der Waals surface area contributed by atoms with E-state index in [1.807, 2.05) is 0 Å². The van der Waals surface area contributed by atoms with Gasteiger partial charge in [-0.05, 0) is 25.2 Å². The summed E-state index contributed by atoms with van der Waals surface area (Å²) < 4.78 is 0. The first-order chi connectivity index (χ1) is 4.95. The van der Waals surface area contributed by atoms with Gasteiger partial charge in [0.05, 0.1) is 0 Å². The smallest absolute Gasteiger partial charge is 0.00181 e. The van der Waals surface area contributed by atoms with E-state index in [2.05, 4.69) is 18.2 Å². The standard InChI is InChI=1S/C10H11/c1-2-9-7-4-5-8(6-7)10(9)3-1/h1-3,7,9H,4-6H2. The number of allylic oxidation sites excluding steroid dienone is 4. The Balaban J connectivity index is 2.08. The van der Waals surface area contributed by atoms with Crippen molar-refractivity contribution in [1.29, 1.82) is 0 Å². The predicted octanol–water partition coefficient (Wildman–Crippen LogP) is 2.49. The molecule has 51 valence electrons. The van der Waals surface area contributed by atoms with E-state index in [1.165, 1.54) is 19.3 Å². The summed E-state index contributed by atoms with van der Waals surface area (Å²) in [5.74, 6) is 3.61. The summed E-state index contributed by atoms with van der Waals surface area (Å²) in [6, 6.07) is 0. The van der Waals surface area contributed by atoms with Crippen molar-refractivity contribution in [1.82, 2.24) is 0 Å². The van der Waals surface area contributed by atoms with Crippen LogP contribution in [0.15, 0.2) is 23.8 Å². The molecule has 1 radical (unpaired) electrons. The van der Waals surface area contributed by atoms with Gasteiger partial charge < -0.3 is 0 Å². The molecule has 2 unspecified atom stereocenters. The van der Waals surface area contributed by atoms with Crippen LogP contribution in [0.3, 0.4) is 0 Å². The first-order valence-electron chi connectivity index (χ1n) is 4.18. The molecule has 0 aromatic heterocycles. The SMILES string of the molecule is C1=CC2C(=C1)[C]1CCC2C1. The topological polar surface area (TPSA) is 0 Å². The van der Waals surface area contributed by atoms with Crippen molar-refractivity contribution < 1.29 is 0 Å². The lowest BCUT2D eigenvalue weighted by Gasteiger charge is -2.17. The van der Waals surface area contributed by atoms with E-state index in [0.29, 0.717) is 0 Å². The van der Waals surface area contributed by atoms with E-state index in [0.717, 1.165) is 11.8 Å². The largest absolute Gasteiger partial charge is 0.0770 e. The predicted molar refractivity (Wildman–Crippen MR) is 41.3 cm³/mol. The van der Waals surface area contributed by atoms with E-state index < -0.39 is 0 Å². The Bertz CT molecular complexity index is 222. The highest BCUT2D eigenvalue weighted by Crippen LogP contribution is 2.55. The van der Waals surface area contributed by atoms with Gasteiger partial charge in [0.15, 0.2) is 0 Å². The number of hydrogen-bond acceptors (Lipinski definition) is 0. The monoisotopic (exact) mass is 131 g/mol. The van der Waals surface area contributed by atoms with Crippen molar-refractivity contribution in [2.45, 2.75) is 19.3 Å².